The fourth-order valence-electron chi connectivity index (χ4n) is 3.60. The summed E-state index contributed by atoms with van der Waals surface area (Å²) in [5, 5.41) is 6.05. The first kappa shape index (κ1) is 26.5. The minimum atomic E-state index is -4.62. The standard InChI is InChI=1S/C24H29F6N3/c1-5-8-17(23(25,26)27)14-18(15(2)3)16(4)13-21-19(9-6-11-31-21)33-20-10-7-12-32-22(20)24(28,29)30/h7-8,10,12-15,19,31,33H,4-6,9,11H2,1-3H3/b17-8-,18-14+,21-13-. The highest BCUT2D eigenvalue weighted by atomic mass is 19.4. The number of pyridine rings is 1. The van der Waals surface area contributed by atoms with E-state index in [9.17, 15) is 26.3 Å². The summed E-state index contributed by atoms with van der Waals surface area (Å²) in [4.78, 5) is 3.46. The quantitative estimate of drug-likeness (QED) is 0.325. The van der Waals surface area contributed by atoms with Crippen molar-refractivity contribution in [3.05, 3.63) is 71.2 Å². The van der Waals surface area contributed by atoms with Crippen molar-refractivity contribution in [1.82, 2.24) is 10.3 Å². The molecule has 33 heavy (non-hydrogen) atoms. The molecule has 0 aromatic carbocycles. The molecule has 0 radical (unpaired) electrons. The van der Waals surface area contributed by atoms with Crippen LogP contribution in [0.15, 0.2) is 65.6 Å². The van der Waals surface area contributed by atoms with Crippen molar-refractivity contribution >= 4 is 5.69 Å². The Morgan fingerprint density at radius 3 is 2.55 bits per heavy atom. The van der Waals surface area contributed by atoms with E-state index in [-0.39, 0.29) is 18.0 Å². The van der Waals surface area contributed by atoms with E-state index < -0.39 is 29.7 Å². The molecule has 1 aliphatic rings. The van der Waals surface area contributed by atoms with Gasteiger partial charge in [0.1, 0.15) is 0 Å². The van der Waals surface area contributed by atoms with E-state index in [0.717, 1.165) is 18.3 Å². The molecule has 2 N–H and O–H groups in total. The average Bonchev–Trinajstić information content (AvgIpc) is 2.71. The molecule has 1 aromatic heterocycles. The number of anilines is 1. The van der Waals surface area contributed by atoms with Crippen molar-refractivity contribution in [1.29, 1.82) is 0 Å². The number of allylic oxidation sites excluding steroid dienone is 6. The van der Waals surface area contributed by atoms with Gasteiger partial charge in [-0.2, -0.15) is 26.3 Å². The van der Waals surface area contributed by atoms with E-state index in [1.165, 1.54) is 12.1 Å². The molecule has 2 rings (SSSR count). The van der Waals surface area contributed by atoms with Crippen LogP contribution in [0.4, 0.5) is 32.0 Å². The van der Waals surface area contributed by atoms with Gasteiger partial charge in [0.05, 0.1) is 17.3 Å². The van der Waals surface area contributed by atoms with Crippen LogP contribution in [0.1, 0.15) is 45.7 Å². The first-order valence-corrected chi connectivity index (χ1v) is 10.8. The van der Waals surface area contributed by atoms with Gasteiger partial charge in [-0.25, -0.2) is 4.98 Å². The van der Waals surface area contributed by atoms with Crippen molar-refractivity contribution in [2.75, 3.05) is 11.9 Å². The molecule has 9 heteroatoms. The van der Waals surface area contributed by atoms with Crippen molar-refractivity contribution in [3.8, 4) is 0 Å². The number of alkyl halides is 6. The molecule has 1 aliphatic heterocycles. The van der Waals surface area contributed by atoms with Crippen molar-refractivity contribution in [3.63, 3.8) is 0 Å². The van der Waals surface area contributed by atoms with E-state index in [1.54, 1.807) is 26.8 Å². The second-order valence-corrected chi connectivity index (χ2v) is 8.11. The number of nitrogens with one attached hydrogen (secondary N) is 2. The minimum absolute atomic E-state index is 0.153. The zero-order chi connectivity index (χ0) is 24.8. The van der Waals surface area contributed by atoms with Crippen LogP contribution >= 0.6 is 0 Å². The summed E-state index contributed by atoms with van der Waals surface area (Å²) < 4.78 is 80.2. The summed E-state index contributed by atoms with van der Waals surface area (Å²) in [6.45, 7) is 9.73. The van der Waals surface area contributed by atoms with Gasteiger partial charge in [-0.1, -0.05) is 33.4 Å². The van der Waals surface area contributed by atoms with E-state index in [4.69, 9.17) is 0 Å². The molecule has 1 saturated heterocycles. The molecule has 1 fully saturated rings. The highest BCUT2D eigenvalue weighted by molar-refractivity contribution is 5.52. The molecule has 0 bridgehead atoms. The van der Waals surface area contributed by atoms with E-state index in [2.05, 4.69) is 22.2 Å². The Kier molecular flexibility index (Phi) is 8.80. The Bertz CT molecular complexity index is 923. The molecule has 0 saturated carbocycles. The van der Waals surface area contributed by atoms with Gasteiger partial charge in [0.15, 0.2) is 5.69 Å². The summed E-state index contributed by atoms with van der Waals surface area (Å²) in [6, 6.07) is 2.22. The second kappa shape index (κ2) is 10.9. The largest absolute Gasteiger partial charge is 0.435 e. The van der Waals surface area contributed by atoms with Crippen LogP contribution in [-0.2, 0) is 6.18 Å². The molecule has 1 unspecified atom stereocenters. The first-order chi connectivity index (χ1) is 15.3. The molecule has 1 atom stereocenters. The topological polar surface area (TPSA) is 37.0 Å². The third kappa shape index (κ3) is 7.40. The van der Waals surface area contributed by atoms with Gasteiger partial charge in [-0.15, -0.1) is 0 Å². The monoisotopic (exact) mass is 473 g/mol. The predicted molar refractivity (Wildman–Crippen MR) is 118 cm³/mol. The van der Waals surface area contributed by atoms with Crippen molar-refractivity contribution in [2.45, 2.75) is 58.4 Å². The molecule has 3 nitrogen and oxygen atoms in total. The minimum Gasteiger partial charge on any atom is -0.387 e. The van der Waals surface area contributed by atoms with Gasteiger partial charge in [0, 0.05) is 18.4 Å². The maximum Gasteiger partial charge on any atom is 0.435 e. The summed E-state index contributed by atoms with van der Waals surface area (Å²) in [6.07, 6.45) is -2.72. The van der Waals surface area contributed by atoms with E-state index in [0.29, 0.717) is 36.2 Å². The SMILES string of the molecule is C=C(/C=C1\NCCCC1Nc1cccnc1C(F)(F)F)/C(=C/C(=C/CC)C(F)(F)F)C(C)C. The van der Waals surface area contributed by atoms with Crippen LogP contribution in [0.3, 0.4) is 0 Å². The Morgan fingerprint density at radius 1 is 1.27 bits per heavy atom. The number of hydrogen-bond acceptors (Lipinski definition) is 3. The zero-order valence-corrected chi connectivity index (χ0v) is 18.9. The third-order valence-corrected chi connectivity index (χ3v) is 5.16. The fourth-order valence-corrected chi connectivity index (χ4v) is 3.60. The van der Waals surface area contributed by atoms with Gasteiger partial charge in [-0.3, -0.25) is 0 Å². The van der Waals surface area contributed by atoms with Crippen LogP contribution in [-0.4, -0.2) is 23.7 Å². The molecule has 1 aromatic rings. The summed E-state index contributed by atoms with van der Waals surface area (Å²) in [5.41, 5.74) is -0.568. The molecular formula is C24H29F6N3. The lowest BCUT2D eigenvalue weighted by Gasteiger charge is -2.30. The van der Waals surface area contributed by atoms with Crippen LogP contribution in [0.25, 0.3) is 0 Å². The van der Waals surface area contributed by atoms with Gasteiger partial charge in [-0.05, 0) is 60.6 Å². The highest BCUT2D eigenvalue weighted by Crippen LogP contribution is 2.35. The smallest absolute Gasteiger partial charge is 0.387 e. The molecule has 0 aliphatic carbocycles. The van der Waals surface area contributed by atoms with E-state index >= 15 is 0 Å². The predicted octanol–water partition coefficient (Wildman–Crippen LogP) is 7.19. The van der Waals surface area contributed by atoms with Crippen molar-refractivity contribution in [2.24, 2.45) is 5.92 Å². The molecule has 0 amide bonds. The van der Waals surface area contributed by atoms with Gasteiger partial charge in [0.25, 0.3) is 0 Å². The number of aromatic nitrogens is 1. The Hall–Kier alpha value is -2.71. The molecule has 182 valence electrons. The van der Waals surface area contributed by atoms with Gasteiger partial charge < -0.3 is 10.6 Å². The van der Waals surface area contributed by atoms with Gasteiger partial charge >= 0.3 is 12.4 Å². The average molecular weight is 474 g/mol. The number of hydrogen-bond donors (Lipinski definition) is 2. The fraction of sp³-hybridized carbons (Fsp3) is 0.458. The Labute approximate surface area is 190 Å². The third-order valence-electron chi connectivity index (χ3n) is 5.16. The maximum atomic E-state index is 13.4. The van der Waals surface area contributed by atoms with Crippen LogP contribution in [0.5, 0.6) is 0 Å². The Balaban J connectivity index is 2.39. The number of piperidine rings is 1. The van der Waals surface area contributed by atoms with E-state index in [1.807, 2.05) is 0 Å². The summed E-state index contributed by atoms with van der Waals surface area (Å²) in [5.74, 6) is -0.248. The number of nitrogens with zero attached hydrogens (tertiary/aromatic N) is 1. The molecular weight excluding hydrogens is 444 g/mol. The van der Waals surface area contributed by atoms with Crippen LogP contribution < -0.4 is 10.6 Å². The molecule has 2 heterocycles. The summed E-state index contributed by atoms with van der Waals surface area (Å²) >= 11 is 0. The maximum absolute atomic E-state index is 13.4. The normalized spacial score (nSPS) is 19.6. The first-order valence-electron chi connectivity index (χ1n) is 10.8. The lowest BCUT2D eigenvalue weighted by atomic mass is 9.91. The molecule has 0 spiro atoms. The lowest BCUT2D eigenvalue weighted by Crippen LogP contribution is -2.37. The summed E-state index contributed by atoms with van der Waals surface area (Å²) in [7, 11) is 0. The second-order valence-electron chi connectivity index (χ2n) is 8.11. The zero-order valence-electron chi connectivity index (χ0n) is 18.9. The van der Waals surface area contributed by atoms with Crippen LogP contribution in [0.2, 0.25) is 0 Å². The van der Waals surface area contributed by atoms with Crippen LogP contribution in [0, 0.1) is 5.92 Å². The number of halogens is 6. The van der Waals surface area contributed by atoms with Crippen molar-refractivity contribution < 1.29 is 26.3 Å². The number of rotatable bonds is 7. The Morgan fingerprint density at radius 2 is 1.97 bits per heavy atom. The van der Waals surface area contributed by atoms with Gasteiger partial charge in [0.2, 0.25) is 0 Å². The highest BCUT2D eigenvalue weighted by Gasteiger charge is 2.36. The lowest BCUT2D eigenvalue weighted by molar-refractivity contribution is -0.140.